The van der Waals surface area contributed by atoms with Gasteiger partial charge in [0.2, 0.25) is 0 Å². The van der Waals surface area contributed by atoms with E-state index < -0.39 is 13.6 Å². The van der Waals surface area contributed by atoms with Crippen molar-refractivity contribution in [2.24, 2.45) is 0 Å². The first-order valence-corrected chi connectivity index (χ1v) is 7.87. The van der Waals surface area contributed by atoms with Gasteiger partial charge in [-0.25, -0.2) is 0 Å². The zero-order chi connectivity index (χ0) is 13.1. The summed E-state index contributed by atoms with van der Waals surface area (Å²) >= 11 is 0. The minimum absolute atomic E-state index is 0.373. The zero-order valence-electron chi connectivity index (χ0n) is 11.3. The molecule has 0 aliphatic carbocycles. The highest BCUT2D eigenvalue weighted by Gasteiger charge is 2.37. The van der Waals surface area contributed by atoms with Gasteiger partial charge in [0.1, 0.15) is 0 Å². The fourth-order valence-electron chi connectivity index (χ4n) is 1.11. The van der Waals surface area contributed by atoms with E-state index in [1.165, 1.54) is 0 Å². The summed E-state index contributed by atoms with van der Waals surface area (Å²) in [5, 5.41) is 0. The molecular formula is C11H25O5P. The molecular weight excluding hydrogens is 243 g/mol. The van der Waals surface area contributed by atoms with Crippen LogP contribution in [0.2, 0.25) is 0 Å². The van der Waals surface area contributed by atoms with Crippen molar-refractivity contribution >= 4 is 7.60 Å². The molecule has 0 amide bonds. The third kappa shape index (κ3) is 6.53. The van der Waals surface area contributed by atoms with Crippen molar-refractivity contribution < 1.29 is 23.1 Å². The lowest BCUT2D eigenvalue weighted by Crippen LogP contribution is -2.21. The summed E-state index contributed by atoms with van der Waals surface area (Å²) in [6.07, 6.45) is 1.54. The molecule has 0 saturated heterocycles. The van der Waals surface area contributed by atoms with Crippen LogP contribution < -0.4 is 0 Å². The summed E-state index contributed by atoms with van der Waals surface area (Å²) in [4.78, 5) is 0. The molecule has 0 radical (unpaired) electrons. The first-order chi connectivity index (χ1) is 8.14. The highest BCUT2D eigenvalue weighted by molar-refractivity contribution is 7.54. The Kier molecular flexibility index (Phi) is 10.1. The van der Waals surface area contributed by atoms with Crippen molar-refractivity contribution in [2.45, 2.75) is 46.6 Å². The van der Waals surface area contributed by atoms with E-state index in [0.29, 0.717) is 26.4 Å². The standard InChI is InChI=1S/C11H25O5P/c1-5-9-15-17(12,16-10-6-2)11(13-7-3)14-8-4/h11H,5-10H2,1-4H3. The van der Waals surface area contributed by atoms with Crippen LogP contribution in [0.25, 0.3) is 0 Å². The van der Waals surface area contributed by atoms with Gasteiger partial charge in [0.25, 0.3) is 6.03 Å². The molecule has 0 heterocycles. The molecule has 6 heteroatoms. The third-order valence-electron chi connectivity index (χ3n) is 1.83. The molecule has 0 aromatic heterocycles. The van der Waals surface area contributed by atoms with Gasteiger partial charge in [-0.1, -0.05) is 13.8 Å². The Labute approximate surface area is 104 Å². The Morgan fingerprint density at radius 1 is 0.882 bits per heavy atom. The number of ether oxygens (including phenoxy) is 2. The lowest BCUT2D eigenvalue weighted by atomic mass is 10.5. The van der Waals surface area contributed by atoms with Crippen molar-refractivity contribution in [2.75, 3.05) is 26.4 Å². The van der Waals surface area contributed by atoms with Gasteiger partial charge in [0, 0.05) is 13.2 Å². The van der Waals surface area contributed by atoms with Crippen LogP contribution >= 0.6 is 7.60 Å². The van der Waals surface area contributed by atoms with Gasteiger partial charge < -0.3 is 18.5 Å². The Balaban J connectivity index is 4.62. The Morgan fingerprint density at radius 2 is 1.29 bits per heavy atom. The minimum atomic E-state index is -3.34. The van der Waals surface area contributed by atoms with Gasteiger partial charge in [-0.15, -0.1) is 0 Å². The topological polar surface area (TPSA) is 54.0 Å². The molecule has 0 saturated carbocycles. The Hall–Kier alpha value is 0.0700. The van der Waals surface area contributed by atoms with Crippen LogP contribution in [0.5, 0.6) is 0 Å². The zero-order valence-corrected chi connectivity index (χ0v) is 12.2. The summed E-state index contributed by atoms with van der Waals surface area (Å²) in [6.45, 7) is 9.07. The molecule has 0 fully saturated rings. The van der Waals surface area contributed by atoms with Crippen LogP contribution in [0, 0.1) is 0 Å². The fraction of sp³-hybridized carbons (Fsp3) is 1.00. The van der Waals surface area contributed by atoms with Crippen molar-refractivity contribution in [1.29, 1.82) is 0 Å². The lowest BCUT2D eigenvalue weighted by molar-refractivity contribution is -0.0987. The highest BCUT2D eigenvalue weighted by atomic mass is 31.2. The van der Waals surface area contributed by atoms with E-state index in [1.54, 1.807) is 0 Å². The Bertz CT molecular complexity index is 204. The Morgan fingerprint density at radius 3 is 1.59 bits per heavy atom. The maximum Gasteiger partial charge on any atom is 0.386 e. The monoisotopic (exact) mass is 268 g/mol. The second-order valence-electron chi connectivity index (χ2n) is 3.42. The molecule has 0 aliphatic rings. The SMILES string of the molecule is CCCOP(=O)(OCCC)C(OCC)OCC. The van der Waals surface area contributed by atoms with Crippen molar-refractivity contribution in [3.05, 3.63) is 0 Å². The van der Waals surface area contributed by atoms with E-state index in [1.807, 2.05) is 27.7 Å². The molecule has 5 nitrogen and oxygen atoms in total. The summed E-state index contributed by atoms with van der Waals surface area (Å²) in [6, 6.07) is -0.921. The highest BCUT2D eigenvalue weighted by Crippen LogP contribution is 2.54. The molecule has 0 rings (SSSR count). The molecule has 0 unspecified atom stereocenters. The summed E-state index contributed by atoms with van der Waals surface area (Å²) in [5.41, 5.74) is 0. The first kappa shape index (κ1) is 17.1. The quantitative estimate of drug-likeness (QED) is 0.424. The van der Waals surface area contributed by atoms with Gasteiger partial charge in [-0.05, 0) is 26.7 Å². The maximum absolute atomic E-state index is 12.5. The van der Waals surface area contributed by atoms with Crippen LogP contribution in [0.1, 0.15) is 40.5 Å². The lowest BCUT2D eigenvalue weighted by Gasteiger charge is -2.25. The van der Waals surface area contributed by atoms with Gasteiger partial charge in [0.05, 0.1) is 13.2 Å². The first-order valence-electron chi connectivity index (χ1n) is 6.26. The normalized spacial score (nSPS) is 12.3. The summed E-state index contributed by atoms with van der Waals surface area (Å²) in [7, 11) is -3.34. The van der Waals surface area contributed by atoms with Gasteiger partial charge in [0.15, 0.2) is 0 Å². The molecule has 0 atom stereocenters. The predicted octanol–water partition coefficient (Wildman–Crippen LogP) is 3.39. The average molecular weight is 268 g/mol. The number of hydrogen-bond acceptors (Lipinski definition) is 5. The molecule has 0 aliphatic heterocycles. The van der Waals surface area contributed by atoms with Crippen LogP contribution in [-0.2, 0) is 23.1 Å². The molecule has 0 N–H and O–H groups in total. The van der Waals surface area contributed by atoms with Crippen molar-refractivity contribution in [1.82, 2.24) is 0 Å². The molecule has 104 valence electrons. The van der Waals surface area contributed by atoms with Gasteiger partial charge >= 0.3 is 7.60 Å². The van der Waals surface area contributed by atoms with Crippen LogP contribution in [0.15, 0.2) is 0 Å². The third-order valence-corrected chi connectivity index (χ3v) is 3.73. The number of hydrogen-bond donors (Lipinski definition) is 0. The van der Waals surface area contributed by atoms with E-state index in [2.05, 4.69) is 0 Å². The summed E-state index contributed by atoms with van der Waals surface area (Å²) in [5.74, 6) is 0. The van der Waals surface area contributed by atoms with Gasteiger partial charge in [-0.2, -0.15) is 0 Å². The summed E-state index contributed by atoms with van der Waals surface area (Å²) < 4.78 is 33.8. The molecule has 0 spiro atoms. The maximum atomic E-state index is 12.5. The number of rotatable bonds is 11. The van der Waals surface area contributed by atoms with E-state index >= 15 is 0 Å². The van der Waals surface area contributed by atoms with Crippen molar-refractivity contribution in [3.8, 4) is 0 Å². The second-order valence-corrected chi connectivity index (χ2v) is 5.44. The molecule has 0 bridgehead atoms. The van der Waals surface area contributed by atoms with Crippen LogP contribution in [0.4, 0.5) is 0 Å². The van der Waals surface area contributed by atoms with E-state index in [9.17, 15) is 4.57 Å². The minimum Gasteiger partial charge on any atom is -0.343 e. The predicted molar refractivity (Wildman–Crippen MR) is 67.1 cm³/mol. The molecule has 0 aromatic carbocycles. The largest absolute Gasteiger partial charge is 0.386 e. The fourth-order valence-corrected chi connectivity index (χ4v) is 2.97. The van der Waals surface area contributed by atoms with Crippen LogP contribution in [0.3, 0.4) is 0 Å². The van der Waals surface area contributed by atoms with Crippen molar-refractivity contribution in [3.63, 3.8) is 0 Å². The molecule has 0 aromatic rings. The second kappa shape index (κ2) is 10.0. The van der Waals surface area contributed by atoms with Gasteiger partial charge in [-0.3, -0.25) is 4.57 Å². The van der Waals surface area contributed by atoms with E-state index in [4.69, 9.17) is 18.5 Å². The molecule has 17 heavy (non-hydrogen) atoms. The smallest absolute Gasteiger partial charge is 0.343 e. The van der Waals surface area contributed by atoms with E-state index in [-0.39, 0.29) is 0 Å². The average Bonchev–Trinajstić information content (AvgIpc) is 2.33. The van der Waals surface area contributed by atoms with E-state index in [0.717, 1.165) is 12.8 Å². The van der Waals surface area contributed by atoms with Crippen LogP contribution in [-0.4, -0.2) is 32.5 Å².